The van der Waals surface area contributed by atoms with E-state index in [1.165, 1.54) is 0 Å². The summed E-state index contributed by atoms with van der Waals surface area (Å²) < 4.78 is 36.6. The quantitative estimate of drug-likeness (QED) is 0.770. The lowest BCUT2D eigenvalue weighted by Crippen LogP contribution is -2.70. The van der Waals surface area contributed by atoms with Crippen LogP contribution in [0.15, 0.2) is 16.5 Å². The number of fused-ring (bicyclic) bond motifs is 1. The highest BCUT2D eigenvalue weighted by Gasteiger charge is 2.55. The van der Waals surface area contributed by atoms with Crippen molar-refractivity contribution in [3.8, 4) is 0 Å². The Balaban J connectivity index is 1.68. The molecule has 1 saturated carbocycles. The normalized spacial score (nSPS) is 29.8. The molecule has 2 fully saturated rings. The molecular formula is C14H20N2O5S2. The molecule has 2 aliphatic rings. The average Bonchev–Trinajstić information content (AvgIpc) is 3.09. The number of rotatable bonds is 6. The zero-order chi connectivity index (χ0) is 16.6. The van der Waals surface area contributed by atoms with Gasteiger partial charge in [0.25, 0.3) is 5.91 Å². The first-order valence-corrected chi connectivity index (χ1v) is 10.6. The van der Waals surface area contributed by atoms with Crippen molar-refractivity contribution >= 4 is 27.7 Å². The Labute approximate surface area is 139 Å². The molecule has 9 heteroatoms. The molecule has 2 N–H and O–H groups in total. The molecule has 7 nitrogen and oxygen atoms in total. The van der Waals surface area contributed by atoms with E-state index in [4.69, 9.17) is 9.15 Å². The highest BCUT2D eigenvalue weighted by Crippen LogP contribution is 2.39. The van der Waals surface area contributed by atoms with Gasteiger partial charge in [-0.25, -0.2) is 13.1 Å². The van der Waals surface area contributed by atoms with Crippen LogP contribution in [0.1, 0.15) is 22.7 Å². The minimum Gasteiger partial charge on any atom is -0.455 e. The number of sulfonamides is 1. The minimum atomic E-state index is -3.37. The Morgan fingerprint density at radius 2 is 2.17 bits per heavy atom. The van der Waals surface area contributed by atoms with Gasteiger partial charge in [-0.15, -0.1) is 0 Å². The number of amides is 1. The van der Waals surface area contributed by atoms with Gasteiger partial charge in [-0.2, -0.15) is 11.8 Å². The van der Waals surface area contributed by atoms with Crippen molar-refractivity contribution in [1.82, 2.24) is 10.0 Å². The first-order valence-electron chi connectivity index (χ1n) is 7.36. The Hall–Kier alpha value is -1.03. The molecule has 0 aromatic carbocycles. The van der Waals surface area contributed by atoms with Gasteiger partial charge in [0.2, 0.25) is 10.0 Å². The zero-order valence-electron chi connectivity index (χ0n) is 12.9. The van der Waals surface area contributed by atoms with Gasteiger partial charge in [-0.05, 0) is 24.8 Å². The fraction of sp³-hybridized carbons (Fsp3) is 0.643. The second kappa shape index (κ2) is 6.46. The van der Waals surface area contributed by atoms with E-state index in [0.717, 1.165) is 18.4 Å². The summed E-state index contributed by atoms with van der Waals surface area (Å²) in [6.07, 6.45) is 3.71. The van der Waals surface area contributed by atoms with Crippen molar-refractivity contribution in [3.05, 3.63) is 23.7 Å². The highest BCUT2D eigenvalue weighted by atomic mass is 32.2. The number of furan rings is 1. The van der Waals surface area contributed by atoms with Crippen molar-refractivity contribution in [1.29, 1.82) is 0 Å². The lowest BCUT2D eigenvalue weighted by Gasteiger charge is -2.47. The molecule has 3 rings (SSSR count). The lowest BCUT2D eigenvalue weighted by molar-refractivity contribution is -0.0196. The van der Waals surface area contributed by atoms with Crippen molar-refractivity contribution in [3.63, 3.8) is 0 Å². The van der Waals surface area contributed by atoms with Crippen LogP contribution in [0, 0.1) is 5.92 Å². The van der Waals surface area contributed by atoms with E-state index in [0.29, 0.717) is 12.4 Å². The summed E-state index contributed by atoms with van der Waals surface area (Å²) in [5, 5.41) is 2.89. The standard InChI is InChI=1S/C14H20N2O5S2/c1-22-7-8-3-4-10(21-8)14(17)15-11-9-5-6-20-13(9)12(11)16-23(2,18)19/h3-4,9,11-13,16H,5-7H2,1-2H3,(H,15,17)/t9-,11+,12-,13-/m0/s1. The maximum absolute atomic E-state index is 12.3. The molecule has 128 valence electrons. The number of hydrogen-bond donors (Lipinski definition) is 2. The third kappa shape index (κ3) is 3.57. The number of ether oxygens (including phenoxy) is 1. The first kappa shape index (κ1) is 16.8. The first-order chi connectivity index (χ1) is 10.9. The SMILES string of the molecule is CSCc1ccc(C(=O)N[C@@H]2[C@@H]3CCO[C@@H]3[C@H]2NS(C)(=O)=O)o1. The Morgan fingerprint density at radius 3 is 2.87 bits per heavy atom. The van der Waals surface area contributed by atoms with Gasteiger partial charge in [0, 0.05) is 12.5 Å². The maximum atomic E-state index is 12.3. The molecule has 23 heavy (non-hydrogen) atoms. The fourth-order valence-electron chi connectivity index (χ4n) is 3.23. The molecular weight excluding hydrogens is 340 g/mol. The van der Waals surface area contributed by atoms with Gasteiger partial charge in [0.1, 0.15) is 5.76 Å². The minimum absolute atomic E-state index is 0.138. The fourth-order valence-corrected chi connectivity index (χ4v) is 4.45. The van der Waals surface area contributed by atoms with E-state index in [-0.39, 0.29) is 29.7 Å². The van der Waals surface area contributed by atoms with Gasteiger partial charge in [0.15, 0.2) is 5.76 Å². The van der Waals surface area contributed by atoms with Crippen molar-refractivity contribution < 1.29 is 22.4 Å². The average molecular weight is 360 g/mol. The van der Waals surface area contributed by atoms with E-state index in [9.17, 15) is 13.2 Å². The molecule has 0 unspecified atom stereocenters. The van der Waals surface area contributed by atoms with Crippen LogP contribution in [-0.2, 0) is 20.5 Å². The summed E-state index contributed by atoms with van der Waals surface area (Å²) in [7, 11) is -3.37. The molecule has 1 aromatic heterocycles. The largest absolute Gasteiger partial charge is 0.455 e. The van der Waals surface area contributed by atoms with Crippen LogP contribution in [0.4, 0.5) is 0 Å². The van der Waals surface area contributed by atoms with Gasteiger partial charge in [0.05, 0.1) is 30.2 Å². The summed E-state index contributed by atoms with van der Waals surface area (Å²) in [4.78, 5) is 12.3. The Kier molecular flexibility index (Phi) is 4.73. The van der Waals surface area contributed by atoms with Gasteiger partial charge in [-0.1, -0.05) is 0 Å². The number of thioether (sulfide) groups is 1. The smallest absolute Gasteiger partial charge is 0.287 e. The molecule has 0 spiro atoms. The molecule has 1 saturated heterocycles. The number of carbonyl (C=O) groups is 1. The highest BCUT2D eigenvalue weighted by molar-refractivity contribution is 7.97. The monoisotopic (exact) mass is 360 g/mol. The van der Waals surface area contributed by atoms with Crippen LogP contribution < -0.4 is 10.0 Å². The Morgan fingerprint density at radius 1 is 1.39 bits per heavy atom. The summed E-state index contributed by atoms with van der Waals surface area (Å²) >= 11 is 1.61. The zero-order valence-corrected chi connectivity index (χ0v) is 14.6. The van der Waals surface area contributed by atoms with E-state index in [1.54, 1.807) is 23.9 Å². The van der Waals surface area contributed by atoms with Crippen LogP contribution in [0.2, 0.25) is 0 Å². The van der Waals surface area contributed by atoms with Crippen LogP contribution in [-0.4, -0.2) is 51.6 Å². The lowest BCUT2D eigenvalue weighted by atomic mass is 9.72. The van der Waals surface area contributed by atoms with Crippen molar-refractivity contribution in [2.45, 2.75) is 30.4 Å². The molecule has 1 aromatic rings. The summed E-state index contributed by atoms with van der Waals surface area (Å²) in [5.41, 5.74) is 0. The topological polar surface area (TPSA) is 97.6 Å². The molecule has 0 bridgehead atoms. The third-order valence-corrected chi connectivity index (χ3v) is 5.48. The molecule has 1 amide bonds. The van der Waals surface area contributed by atoms with Gasteiger partial charge in [-0.3, -0.25) is 4.79 Å². The molecule has 1 aliphatic carbocycles. The predicted octanol–water partition coefficient (Wildman–Crippen LogP) is 0.578. The van der Waals surface area contributed by atoms with Gasteiger partial charge >= 0.3 is 0 Å². The predicted molar refractivity (Wildman–Crippen MR) is 86.8 cm³/mol. The van der Waals surface area contributed by atoms with Crippen molar-refractivity contribution in [2.24, 2.45) is 5.92 Å². The maximum Gasteiger partial charge on any atom is 0.287 e. The van der Waals surface area contributed by atoms with Crippen LogP contribution >= 0.6 is 11.8 Å². The second-order valence-corrected chi connectivity index (χ2v) is 8.55. The Bertz CT molecular complexity index is 687. The van der Waals surface area contributed by atoms with Crippen molar-refractivity contribution in [2.75, 3.05) is 19.1 Å². The summed E-state index contributed by atoms with van der Waals surface area (Å²) in [6, 6.07) is 2.71. The molecule has 4 atom stereocenters. The van der Waals surface area contributed by atoms with Gasteiger partial charge < -0.3 is 14.5 Å². The van der Waals surface area contributed by atoms with E-state index in [1.807, 2.05) is 6.26 Å². The van der Waals surface area contributed by atoms with Crippen LogP contribution in [0.5, 0.6) is 0 Å². The number of hydrogen-bond acceptors (Lipinski definition) is 6. The second-order valence-electron chi connectivity index (χ2n) is 5.90. The number of carbonyl (C=O) groups excluding carboxylic acids is 1. The van der Waals surface area contributed by atoms with Crippen LogP contribution in [0.3, 0.4) is 0 Å². The number of nitrogens with one attached hydrogen (secondary N) is 2. The summed E-state index contributed by atoms with van der Waals surface area (Å²) in [6.45, 7) is 0.586. The third-order valence-electron chi connectivity index (χ3n) is 4.21. The van der Waals surface area contributed by atoms with E-state index in [2.05, 4.69) is 10.0 Å². The molecule has 2 heterocycles. The molecule has 0 radical (unpaired) electrons. The van der Waals surface area contributed by atoms with E-state index < -0.39 is 16.1 Å². The van der Waals surface area contributed by atoms with E-state index >= 15 is 0 Å². The van der Waals surface area contributed by atoms with Crippen LogP contribution in [0.25, 0.3) is 0 Å². The summed E-state index contributed by atoms with van der Waals surface area (Å²) in [5.74, 6) is 1.50. The molecule has 1 aliphatic heterocycles.